The second-order valence-electron chi connectivity index (χ2n) is 3.42. The van der Waals surface area contributed by atoms with Crippen molar-refractivity contribution in [3.63, 3.8) is 0 Å². The lowest BCUT2D eigenvalue weighted by atomic mass is 10.1. The molecule has 1 aromatic heterocycles. The fourth-order valence-corrected chi connectivity index (χ4v) is 1.57. The molecule has 1 aliphatic rings. The van der Waals surface area contributed by atoms with Gasteiger partial charge in [-0.05, 0) is 6.92 Å². The second-order valence-corrected chi connectivity index (χ2v) is 3.42. The topological polar surface area (TPSA) is 104 Å². The number of nitrogens with one attached hydrogen (secondary N) is 2. The van der Waals surface area contributed by atoms with Crippen molar-refractivity contribution in [3.05, 3.63) is 15.9 Å². The number of fused-ring (bicyclic) bond motifs is 1. The summed E-state index contributed by atoms with van der Waals surface area (Å²) in [5.74, 6) is -0.0223. The maximum atomic E-state index is 11.7. The number of Topliss-reactive ketones (excluding diaryl/α,β-unsaturated/α-hetero) is 1. The molecule has 2 heterocycles. The van der Waals surface area contributed by atoms with Gasteiger partial charge < -0.3 is 5.73 Å². The first-order valence-corrected chi connectivity index (χ1v) is 4.44. The van der Waals surface area contributed by atoms with Crippen molar-refractivity contribution in [1.29, 1.82) is 0 Å². The number of aromatic amines is 1. The van der Waals surface area contributed by atoms with Gasteiger partial charge in [0, 0.05) is 7.05 Å². The number of nitrogens with two attached hydrogens (primary N) is 1. The Labute approximate surface area is 85.3 Å². The number of aromatic nitrogens is 2. The van der Waals surface area contributed by atoms with Crippen LogP contribution < -0.4 is 21.7 Å². The average molecular weight is 209 g/mol. The molecule has 15 heavy (non-hydrogen) atoms. The molecule has 1 unspecified atom stereocenters. The van der Waals surface area contributed by atoms with E-state index in [1.165, 1.54) is 5.01 Å². The molecule has 0 fully saturated rings. The molecule has 0 spiro atoms. The Bertz CT molecular complexity index is 480. The van der Waals surface area contributed by atoms with Crippen LogP contribution >= 0.6 is 0 Å². The summed E-state index contributed by atoms with van der Waals surface area (Å²) >= 11 is 0. The maximum absolute atomic E-state index is 11.7. The van der Waals surface area contributed by atoms with Gasteiger partial charge in [0.25, 0.3) is 5.56 Å². The number of carbonyl (C=O) groups is 1. The number of nitrogen functional groups attached to an aromatic ring is 1. The normalized spacial score (nSPS) is 20.3. The Kier molecular flexibility index (Phi) is 1.97. The van der Waals surface area contributed by atoms with Crippen molar-refractivity contribution in [2.24, 2.45) is 0 Å². The lowest BCUT2D eigenvalue weighted by Gasteiger charge is -2.29. The van der Waals surface area contributed by atoms with Crippen LogP contribution in [0.2, 0.25) is 0 Å². The van der Waals surface area contributed by atoms with Gasteiger partial charge >= 0.3 is 0 Å². The molecule has 0 aromatic carbocycles. The number of hydrogen-bond donors (Lipinski definition) is 3. The highest BCUT2D eigenvalue weighted by atomic mass is 16.1. The molecule has 0 bridgehead atoms. The number of anilines is 2. The Morgan fingerprint density at radius 2 is 2.13 bits per heavy atom. The number of ketones is 1. The first-order valence-electron chi connectivity index (χ1n) is 4.44. The molecular weight excluding hydrogens is 198 g/mol. The van der Waals surface area contributed by atoms with Gasteiger partial charge in [-0.15, -0.1) is 0 Å². The smallest absolute Gasteiger partial charge is 0.265 e. The molecule has 0 aliphatic carbocycles. The van der Waals surface area contributed by atoms with Crippen molar-refractivity contribution < 1.29 is 4.79 Å². The first-order chi connectivity index (χ1) is 7.00. The van der Waals surface area contributed by atoms with Gasteiger partial charge in [0.2, 0.25) is 5.95 Å². The minimum Gasteiger partial charge on any atom is -0.369 e. The zero-order valence-electron chi connectivity index (χ0n) is 8.37. The lowest BCUT2D eigenvalue weighted by Crippen LogP contribution is -2.52. The molecule has 0 saturated heterocycles. The summed E-state index contributed by atoms with van der Waals surface area (Å²) in [5, 5.41) is 1.52. The van der Waals surface area contributed by atoms with E-state index in [0.717, 1.165) is 0 Å². The molecule has 7 nitrogen and oxygen atoms in total. The molecule has 4 N–H and O–H groups in total. The van der Waals surface area contributed by atoms with E-state index in [1.54, 1.807) is 14.0 Å². The van der Waals surface area contributed by atoms with E-state index in [0.29, 0.717) is 0 Å². The molecule has 1 aliphatic heterocycles. The molecule has 7 heteroatoms. The van der Waals surface area contributed by atoms with Gasteiger partial charge in [-0.25, -0.2) is 5.43 Å². The molecule has 0 amide bonds. The maximum Gasteiger partial charge on any atom is 0.265 e. The standard InChI is InChI=1S/C8H11N5O2/c1-3-5(14)4-6(13(2)12-3)10-8(9)11-7(4)15/h3,12H,1-2H3,(H3,9,10,11,15). The van der Waals surface area contributed by atoms with E-state index in [-0.39, 0.29) is 23.1 Å². The van der Waals surface area contributed by atoms with Crippen molar-refractivity contribution in [3.8, 4) is 0 Å². The largest absolute Gasteiger partial charge is 0.369 e. The van der Waals surface area contributed by atoms with Crippen LogP contribution in [0.3, 0.4) is 0 Å². The number of H-pyrrole nitrogens is 1. The number of hydrogen-bond acceptors (Lipinski definition) is 6. The number of nitrogens with zero attached hydrogens (tertiary/aromatic N) is 2. The Balaban J connectivity index is 2.71. The fourth-order valence-electron chi connectivity index (χ4n) is 1.57. The highest BCUT2D eigenvalue weighted by molar-refractivity contribution is 6.05. The van der Waals surface area contributed by atoms with E-state index >= 15 is 0 Å². The first kappa shape index (κ1) is 9.66. The molecular formula is C8H11N5O2. The van der Waals surface area contributed by atoms with Crippen molar-refractivity contribution in [2.75, 3.05) is 17.8 Å². The molecule has 2 rings (SSSR count). The molecule has 80 valence electrons. The number of carbonyl (C=O) groups excluding carboxylic acids is 1. The summed E-state index contributed by atoms with van der Waals surface area (Å²) in [4.78, 5) is 29.5. The summed E-state index contributed by atoms with van der Waals surface area (Å²) in [7, 11) is 1.67. The van der Waals surface area contributed by atoms with E-state index < -0.39 is 11.6 Å². The third-order valence-corrected chi connectivity index (χ3v) is 2.26. The third-order valence-electron chi connectivity index (χ3n) is 2.26. The Morgan fingerprint density at radius 3 is 2.80 bits per heavy atom. The van der Waals surface area contributed by atoms with Gasteiger partial charge in [-0.2, -0.15) is 4.98 Å². The van der Waals surface area contributed by atoms with Gasteiger partial charge in [-0.3, -0.25) is 19.6 Å². The average Bonchev–Trinajstić information content (AvgIpc) is 2.13. The highest BCUT2D eigenvalue weighted by Crippen LogP contribution is 2.18. The third kappa shape index (κ3) is 1.37. The van der Waals surface area contributed by atoms with Crippen LogP contribution in [0.25, 0.3) is 0 Å². The van der Waals surface area contributed by atoms with Gasteiger partial charge in [0.15, 0.2) is 11.6 Å². The number of rotatable bonds is 0. The summed E-state index contributed by atoms with van der Waals surface area (Å²) in [6.45, 7) is 1.68. The lowest BCUT2D eigenvalue weighted by molar-refractivity contribution is 0.0939. The monoisotopic (exact) mass is 209 g/mol. The van der Waals surface area contributed by atoms with Gasteiger partial charge in [0.05, 0.1) is 6.04 Å². The minimum atomic E-state index is -0.497. The van der Waals surface area contributed by atoms with Crippen LogP contribution in [0.4, 0.5) is 11.8 Å². The predicted molar refractivity (Wildman–Crippen MR) is 54.6 cm³/mol. The summed E-state index contributed by atoms with van der Waals surface area (Å²) in [6.07, 6.45) is 0. The Morgan fingerprint density at radius 1 is 1.47 bits per heavy atom. The molecule has 1 aromatic rings. The van der Waals surface area contributed by atoms with E-state index in [9.17, 15) is 9.59 Å². The van der Waals surface area contributed by atoms with Crippen molar-refractivity contribution >= 4 is 17.5 Å². The quantitative estimate of drug-likeness (QED) is 0.500. The van der Waals surface area contributed by atoms with Crippen LogP contribution in [0.1, 0.15) is 17.3 Å². The van der Waals surface area contributed by atoms with Crippen LogP contribution in [0.5, 0.6) is 0 Å². The fraction of sp³-hybridized carbons (Fsp3) is 0.375. The Hall–Kier alpha value is -1.89. The summed E-state index contributed by atoms with van der Waals surface area (Å²) in [5.41, 5.74) is 7.80. The summed E-state index contributed by atoms with van der Waals surface area (Å²) in [6, 6.07) is -0.436. The SMILES string of the molecule is CC1NN(C)c2nc(N)[nH]c(=O)c2C1=O. The van der Waals surface area contributed by atoms with Gasteiger partial charge in [0.1, 0.15) is 5.56 Å². The number of hydrazine groups is 1. The minimum absolute atomic E-state index is 0.00486. The van der Waals surface area contributed by atoms with E-state index in [4.69, 9.17) is 5.73 Å². The van der Waals surface area contributed by atoms with E-state index in [1.807, 2.05) is 0 Å². The highest BCUT2D eigenvalue weighted by Gasteiger charge is 2.31. The van der Waals surface area contributed by atoms with Gasteiger partial charge in [-0.1, -0.05) is 0 Å². The van der Waals surface area contributed by atoms with Crippen LogP contribution in [-0.4, -0.2) is 28.8 Å². The van der Waals surface area contributed by atoms with Crippen LogP contribution in [0, 0.1) is 0 Å². The van der Waals surface area contributed by atoms with E-state index in [2.05, 4.69) is 15.4 Å². The molecule has 0 saturated carbocycles. The summed E-state index contributed by atoms with van der Waals surface area (Å²) < 4.78 is 0. The van der Waals surface area contributed by atoms with Crippen molar-refractivity contribution in [1.82, 2.24) is 15.4 Å². The van der Waals surface area contributed by atoms with Crippen molar-refractivity contribution in [2.45, 2.75) is 13.0 Å². The zero-order chi connectivity index (χ0) is 11.2. The second kappa shape index (κ2) is 3.06. The zero-order valence-corrected chi connectivity index (χ0v) is 8.37. The predicted octanol–water partition coefficient (Wildman–Crippen LogP) is -1.12. The molecule has 0 radical (unpaired) electrons. The molecule has 1 atom stereocenters. The van der Waals surface area contributed by atoms with Crippen LogP contribution in [0.15, 0.2) is 4.79 Å². The van der Waals surface area contributed by atoms with Crippen LogP contribution in [-0.2, 0) is 0 Å².